The maximum absolute atomic E-state index is 4.28. The predicted molar refractivity (Wildman–Crippen MR) is 88.5 cm³/mol. The van der Waals surface area contributed by atoms with E-state index in [4.69, 9.17) is 0 Å². The van der Waals surface area contributed by atoms with Crippen molar-refractivity contribution in [1.82, 2.24) is 15.1 Å². The van der Waals surface area contributed by atoms with Crippen LogP contribution in [0.25, 0.3) is 0 Å². The first-order valence-electron chi connectivity index (χ1n) is 7.71. The molecule has 3 nitrogen and oxygen atoms in total. The van der Waals surface area contributed by atoms with Crippen molar-refractivity contribution >= 4 is 0 Å². The SMILES string of the molecule is CCNC(Cc1ccc(C(C)(C)C)cc1)c1cnn(C)c1. The fraction of sp³-hybridized carbons (Fsp3) is 0.500. The summed E-state index contributed by atoms with van der Waals surface area (Å²) in [6.45, 7) is 9.85. The Labute approximate surface area is 128 Å². The van der Waals surface area contributed by atoms with Gasteiger partial charge in [-0.05, 0) is 29.5 Å². The summed E-state index contributed by atoms with van der Waals surface area (Å²) in [5, 5.41) is 7.84. The van der Waals surface area contributed by atoms with Gasteiger partial charge in [-0.1, -0.05) is 52.0 Å². The first-order chi connectivity index (χ1) is 9.90. The maximum atomic E-state index is 4.28. The van der Waals surface area contributed by atoms with Crippen molar-refractivity contribution in [1.29, 1.82) is 0 Å². The standard InChI is InChI=1S/C18H27N3/c1-6-19-17(15-12-20-21(5)13-15)11-14-7-9-16(10-8-14)18(2,3)4/h7-10,12-13,17,19H,6,11H2,1-5H3. The molecule has 0 fully saturated rings. The van der Waals surface area contributed by atoms with Crippen LogP contribution in [0.1, 0.15) is 50.4 Å². The molecular formula is C18H27N3. The lowest BCUT2D eigenvalue weighted by Crippen LogP contribution is -2.22. The molecule has 2 rings (SSSR count). The van der Waals surface area contributed by atoms with Crippen molar-refractivity contribution in [3.05, 3.63) is 53.3 Å². The summed E-state index contributed by atoms with van der Waals surface area (Å²) >= 11 is 0. The monoisotopic (exact) mass is 285 g/mol. The Hall–Kier alpha value is -1.61. The highest BCUT2D eigenvalue weighted by atomic mass is 15.2. The lowest BCUT2D eigenvalue weighted by Gasteiger charge is -2.20. The average molecular weight is 285 g/mol. The molecule has 0 bridgehead atoms. The molecule has 1 heterocycles. The van der Waals surface area contributed by atoms with Gasteiger partial charge in [0.05, 0.1) is 6.20 Å². The summed E-state index contributed by atoms with van der Waals surface area (Å²) < 4.78 is 1.86. The van der Waals surface area contributed by atoms with E-state index in [1.165, 1.54) is 16.7 Å². The number of benzene rings is 1. The predicted octanol–water partition coefficient (Wildman–Crippen LogP) is 3.61. The van der Waals surface area contributed by atoms with Crippen LogP contribution in [0.2, 0.25) is 0 Å². The molecule has 1 aromatic heterocycles. The smallest absolute Gasteiger partial charge is 0.0537 e. The minimum absolute atomic E-state index is 0.211. The molecule has 0 aliphatic carbocycles. The molecule has 1 unspecified atom stereocenters. The second-order valence-electron chi connectivity index (χ2n) is 6.71. The molecule has 0 saturated heterocycles. The quantitative estimate of drug-likeness (QED) is 0.909. The molecule has 0 spiro atoms. The van der Waals surface area contributed by atoms with Crippen LogP contribution in [-0.4, -0.2) is 16.3 Å². The Morgan fingerprint density at radius 1 is 1.19 bits per heavy atom. The van der Waals surface area contributed by atoms with Gasteiger partial charge in [0, 0.05) is 24.8 Å². The fourth-order valence-electron chi connectivity index (χ4n) is 2.55. The summed E-state index contributed by atoms with van der Waals surface area (Å²) in [7, 11) is 1.96. The molecule has 0 aliphatic rings. The molecule has 1 N–H and O–H groups in total. The lowest BCUT2D eigenvalue weighted by atomic mass is 9.86. The van der Waals surface area contributed by atoms with Crippen LogP contribution in [0.15, 0.2) is 36.7 Å². The number of likely N-dealkylation sites (N-methyl/N-ethyl adjacent to an activating group) is 1. The average Bonchev–Trinajstić information content (AvgIpc) is 2.84. The third-order valence-electron chi connectivity index (χ3n) is 3.84. The normalized spacial score (nSPS) is 13.4. The van der Waals surface area contributed by atoms with Crippen molar-refractivity contribution in [2.75, 3.05) is 6.54 Å². The van der Waals surface area contributed by atoms with Gasteiger partial charge in [0.15, 0.2) is 0 Å². The van der Waals surface area contributed by atoms with Gasteiger partial charge in [0.1, 0.15) is 0 Å². The largest absolute Gasteiger partial charge is 0.310 e. The highest BCUT2D eigenvalue weighted by molar-refractivity contribution is 5.29. The summed E-state index contributed by atoms with van der Waals surface area (Å²) in [4.78, 5) is 0. The summed E-state index contributed by atoms with van der Waals surface area (Å²) in [5.41, 5.74) is 4.20. The third kappa shape index (κ3) is 4.18. The summed E-state index contributed by atoms with van der Waals surface area (Å²) in [5.74, 6) is 0. The minimum atomic E-state index is 0.211. The van der Waals surface area contributed by atoms with E-state index in [-0.39, 0.29) is 5.41 Å². The first-order valence-corrected chi connectivity index (χ1v) is 7.71. The topological polar surface area (TPSA) is 29.9 Å². The highest BCUT2D eigenvalue weighted by Gasteiger charge is 2.15. The second-order valence-corrected chi connectivity index (χ2v) is 6.71. The van der Waals surface area contributed by atoms with E-state index in [9.17, 15) is 0 Å². The van der Waals surface area contributed by atoms with E-state index < -0.39 is 0 Å². The molecule has 1 aromatic carbocycles. The summed E-state index contributed by atoms with van der Waals surface area (Å²) in [6.07, 6.45) is 5.04. The number of rotatable bonds is 5. The Bertz CT molecular complexity index is 561. The zero-order valence-electron chi connectivity index (χ0n) is 13.9. The van der Waals surface area contributed by atoms with E-state index >= 15 is 0 Å². The van der Waals surface area contributed by atoms with Gasteiger partial charge >= 0.3 is 0 Å². The molecule has 21 heavy (non-hydrogen) atoms. The number of nitrogens with zero attached hydrogens (tertiary/aromatic N) is 2. The fourth-order valence-corrected chi connectivity index (χ4v) is 2.55. The lowest BCUT2D eigenvalue weighted by molar-refractivity contribution is 0.548. The van der Waals surface area contributed by atoms with Crippen LogP contribution < -0.4 is 5.32 Å². The number of aromatic nitrogens is 2. The molecule has 3 heteroatoms. The number of hydrogen-bond donors (Lipinski definition) is 1. The van der Waals surface area contributed by atoms with Crippen LogP contribution in [-0.2, 0) is 18.9 Å². The molecule has 0 radical (unpaired) electrons. The zero-order chi connectivity index (χ0) is 15.5. The van der Waals surface area contributed by atoms with E-state index in [0.29, 0.717) is 6.04 Å². The highest BCUT2D eigenvalue weighted by Crippen LogP contribution is 2.24. The molecular weight excluding hydrogens is 258 g/mol. The van der Waals surface area contributed by atoms with Crippen LogP contribution in [0.3, 0.4) is 0 Å². The first kappa shape index (κ1) is 15.8. The molecule has 114 valence electrons. The van der Waals surface area contributed by atoms with Crippen molar-refractivity contribution < 1.29 is 0 Å². The molecule has 2 aromatic rings. The molecule has 1 atom stereocenters. The van der Waals surface area contributed by atoms with E-state index in [0.717, 1.165) is 13.0 Å². The van der Waals surface area contributed by atoms with Crippen molar-refractivity contribution in [3.8, 4) is 0 Å². The van der Waals surface area contributed by atoms with Gasteiger partial charge in [-0.2, -0.15) is 5.10 Å². The van der Waals surface area contributed by atoms with Crippen LogP contribution in [0.4, 0.5) is 0 Å². The zero-order valence-corrected chi connectivity index (χ0v) is 13.9. The minimum Gasteiger partial charge on any atom is -0.310 e. The van der Waals surface area contributed by atoms with E-state index in [1.54, 1.807) is 0 Å². The maximum Gasteiger partial charge on any atom is 0.0537 e. The summed E-state index contributed by atoms with van der Waals surface area (Å²) in [6, 6.07) is 9.33. The number of aryl methyl sites for hydroxylation is 1. The Kier molecular flexibility index (Phi) is 4.84. The van der Waals surface area contributed by atoms with Gasteiger partial charge < -0.3 is 5.32 Å². The van der Waals surface area contributed by atoms with Crippen molar-refractivity contribution in [2.24, 2.45) is 7.05 Å². The number of nitrogens with one attached hydrogen (secondary N) is 1. The van der Waals surface area contributed by atoms with Crippen LogP contribution in [0, 0.1) is 0 Å². The second kappa shape index (κ2) is 6.44. The van der Waals surface area contributed by atoms with Crippen molar-refractivity contribution in [2.45, 2.75) is 45.6 Å². The van der Waals surface area contributed by atoms with E-state index in [1.807, 2.05) is 17.9 Å². The number of hydrogen-bond acceptors (Lipinski definition) is 2. The van der Waals surface area contributed by atoms with Gasteiger partial charge in [-0.3, -0.25) is 4.68 Å². The Balaban J connectivity index is 2.14. The van der Waals surface area contributed by atoms with Gasteiger partial charge in [0.2, 0.25) is 0 Å². The van der Waals surface area contributed by atoms with Gasteiger partial charge in [-0.15, -0.1) is 0 Å². The van der Waals surface area contributed by atoms with E-state index in [2.05, 4.69) is 68.6 Å². The Morgan fingerprint density at radius 2 is 1.86 bits per heavy atom. The molecule has 0 aliphatic heterocycles. The Morgan fingerprint density at radius 3 is 2.33 bits per heavy atom. The van der Waals surface area contributed by atoms with Crippen LogP contribution >= 0.6 is 0 Å². The van der Waals surface area contributed by atoms with Crippen LogP contribution in [0.5, 0.6) is 0 Å². The van der Waals surface area contributed by atoms with Gasteiger partial charge in [0.25, 0.3) is 0 Å². The molecule has 0 amide bonds. The molecule has 0 saturated carbocycles. The van der Waals surface area contributed by atoms with Crippen molar-refractivity contribution in [3.63, 3.8) is 0 Å². The third-order valence-corrected chi connectivity index (χ3v) is 3.84. The van der Waals surface area contributed by atoms with Gasteiger partial charge in [-0.25, -0.2) is 0 Å².